The van der Waals surface area contributed by atoms with Gasteiger partial charge in [-0.25, -0.2) is 9.67 Å². The molecule has 1 amide bonds. The van der Waals surface area contributed by atoms with E-state index in [-0.39, 0.29) is 11.8 Å². The number of amides is 1. The van der Waals surface area contributed by atoms with Crippen LogP contribution in [0.2, 0.25) is 0 Å². The van der Waals surface area contributed by atoms with Gasteiger partial charge in [0, 0.05) is 5.92 Å². The maximum atomic E-state index is 11.7. The molecule has 0 bridgehead atoms. The Kier molecular flexibility index (Phi) is 4.28. The van der Waals surface area contributed by atoms with Crippen LogP contribution >= 0.6 is 0 Å². The number of nitrogens with zero attached hydrogens (tertiary/aromatic N) is 3. The average molecular weight is 258 g/mol. The van der Waals surface area contributed by atoms with Crippen molar-refractivity contribution in [3.05, 3.63) is 42.2 Å². The lowest BCUT2D eigenvalue weighted by atomic mass is 10.1. The van der Waals surface area contributed by atoms with Crippen LogP contribution in [0.1, 0.15) is 25.8 Å². The van der Waals surface area contributed by atoms with Crippen LogP contribution in [0.15, 0.2) is 36.7 Å². The van der Waals surface area contributed by atoms with E-state index >= 15 is 0 Å². The van der Waals surface area contributed by atoms with E-state index in [4.69, 9.17) is 0 Å². The average Bonchev–Trinajstić information content (AvgIpc) is 2.86. The van der Waals surface area contributed by atoms with Crippen molar-refractivity contribution in [1.82, 2.24) is 14.8 Å². The molecule has 1 N–H and O–H groups in total. The highest BCUT2D eigenvalue weighted by atomic mass is 16.2. The minimum absolute atomic E-state index is 0.0268. The first-order chi connectivity index (χ1) is 9.19. The molecule has 0 saturated heterocycles. The number of carbonyl (C=O) groups is 1. The number of hydrogen-bond acceptors (Lipinski definition) is 3. The Labute approximate surface area is 112 Å². The summed E-state index contributed by atoms with van der Waals surface area (Å²) in [5.41, 5.74) is 1.15. The fourth-order valence-corrected chi connectivity index (χ4v) is 1.62. The lowest BCUT2D eigenvalue weighted by Crippen LogP contribution is -2.20. The van der Waals surface area contributed by atoms with Crippen molar-refractivity contribution in [1.29, 1.82) is 0 Å². The zero-order chi connectivity index (χ0) is 13.7. The lowest BCUT2D eigenvalue weighted by Gasteiger charge is -2.06. The Morgan fingerprint density at radius 3 is 2.79 bits per heavy atom. The number of anilines is 1. The number of carbonyl (C=O) groups excluding carboxylic acids is 1. The van der Waals surface area contributed by atoms with E-state index in [1.807, 2.05) is 44.2 Å². The standard InChI is InChI=1S/C14H18N4O/c1-3-11(2)13(19)16-14-15-10-18(17-14)9-12-7-5-4-6-8-12/h4-8,10-11H,3,9H2,1-2H3,(H,16,17,19)/t11-/m1/s1. The second kappa shape index (κ2) is 6.13. The molecule has 100 valence electrons. The zero-order valence-electron chi connectivity index (χ0n) is 11.2. The highest BCUT2D eigenvalue weighted by Gasteiger charge is 2.12. The second-order valence-electron chi connectivity index (χ2n) is 4.55. The Morgan fingerprint density at radius 2 is 2.11 bits per heavy atom. The van der Waals surface area contributed by atoms with Crippen molar-refractivity contribution in [3.63, 3.8) is 0 Å². The monoisotopic (exact) mass is 258 g/mol. The van der Waals surface area contributed by atoms with Gasteiger partial charge >= 0.3 is 0 Å². The lowest BCUT2D eigenvalue weighted by molar-refractivity contribution is -0.119. The summed E-state index contributed by atoms with van der Waals surface area (Å²) >= 11 is 0. The third-order valence-corrected chi connectivity index (χ3v) is 3.02. The van der Waals surface area contributed by atoms with Gasteiger partial charge in [0.2, 0.25) is 11.9 Å². The second-order valence-corrected chi connectivity index (χ2v) is 4.55. The smallest absolute Gasteiger partial charge is 0.248 e. The summed E-state index contributed by atoms with van der Waals surface area (Å²) in [5, 5.41) is 6.95. The zero-order valence-corrected chi connectivity index (χ0v) is 11.2. The molecule has 1 aromatic heterocycles. The van der Waals surface area contributed by atoms with Crippen molar-refractivity contribution < 1.29 is 4.79 Å². The largest absolute Gasteiger partial charge is 0.293 e. The molecule has 1 atom stereocenters. The summed E-state index contributed by atoms with van der Waals surface area (Å²) in [5.74, 6) is 0.294. The molecular weight excluding hydrogens is 240 g/mol. The first-order valence-electron chi connectivity index (χ1n) is 6.43. The number of rotatable bonds is 5. The van der Waals surface area contributed by atoms with Gasteiger partial charge < -0.3 is 0 Å². The topological polar surface area (TPSA) is 59.8 Å². The fourth-order valence-electron chi connectivity index (χ4n) is 1.62. The highest BCUT2D eigenvalue weighted by Crippen LogP contribution is 2.06. The molecule has 0 aliphatic carbocycles. The molecule has 0 saturated carbocycles. The molecule has 1 aromatic carbocycles. The molecule has 5 heteroatoms. The van der Waals surface area contributed by atoms with E-state index in [0.717, 1.165) is 12.0 Å². The number of aromatic nitrogens is 3. The van der Waals surface area contributed by atoms with Crippen LogP contribution in [0, 0.1) is 5.92 Å². The van der Waals surface area contributed by atoms with Crippen molar-refractivity contribution in [2.24, 2.45) is 5.92 Å². The summed E-state index contributed by atoms with van der Waals surface area (Å²) in [6.07, 6.45) is 2.43. The third-order valence-electron chi connectivity index (χ3n) is 3.02. The van der Waals surface area contributed by atoms with Crippen LogP contribution in [0.4, 0.5) is 5.95 Å². The van der Waals surface area contributed by atoms with Crippen LogP contribution in [-0.4, -0.2) is 20.7 Å². The Hall–Kier alpha value is -2.17. The van der Waals surface area contributed by atoms with Gasteiger partial charge in [0.25, 0.3) is 0 Å². The Morgan fingerprint density at radius 1 is 1.37 bits per heavy atom. The van der Waals surface area contributed by atoms with E-state index in [1.165, 1.54) is 0 Å². The summed E-state index contributed by atoms with van der Waals surface area (Å²) < 4.78 is 1.71. The molecule has 0 unspecified atom stereocenters. The number of hydrogen-bond donors (Lipinski definition) is 1. The molecule has 2 rings (SSSR count). The van der Waals surface area contributed by atoms with Gasteiger partial charge in [0.15, 0.2) is 0 Å². The molecule has 0 spiro atoms. The third kappa shape index (κ3) is 3.64. The van der Waals surface area contributed by atoms with E-state index in [9.17, 15) is 4.79 Å². The summed E-state index contributed by atoms with van der Waals surface area (Å²) in [6.45, 7) is 4.51. The summed E-state index contributed by atoms with van der Waals surface area (Å²) in [7, 11) is 0. The number of benzene rings is 1. The molecule has 1 heterocycles. The van der Waals surface area contributed by atoms with Crippen molar-refractivity contribution >= 4 is 11.9 Å². The molecule has 19 heavy (non-hydrogen) atoms. The van der Waals surface area contributed by atoms with Crippen molar-refractivity contribution in [2.45, 2.75) is 26.8 Å². The van der Waals surface area contributed by atoms with Gasteiger partial charge in [-0.15, -0.1) is 5.10 Å². The first-order valence-corrected chi connectivity index (χ1v) is 6.43. The molecule has 0 aliphatic heterocycles. The van der Waals surface area contributed by atoms with Crippen LogP contribution in [0.3, 0.4) is 0 Å². The first kappa shape index (κ1) is 13.3. The molecule has 2 aromatic rings. The predicted octanol–water partition coefficient (Wildman–Crippen LogP) is 2.31. The normalized spacial score (nSPS) is 12.1. The number of nitrogens with one attached hydrogen (secondary N) is 1. The van der Waals surface area contributed by atoms with Gasteiger partial charge in [-0.2, -0.15) is 0 Å². The van der Waals surface area contributed by atoms with Gasteiger partial charge in [0.1, 0.15) is 6.33 Å². The van der Waals surface area contributed by atoms with Crippen LogP contribution < -0.4 is 5.32 Å². The minimum Gasteiger partial charge on any atom is -0.293 e. The van der Waals surface area contributed by atoms with Gasteiger partial charge in [0.05, 0.1) is 6.54 Å². The van der Waals surface area contributed by atoms with Gasteiger partial charge in [-0.05, 0) is 12.0 Å². The summed E-state index contributed by atoms with van der Waals surface area (Å²) in [4.78, 5) is 15.8. The maximum Gasteiger partial charge on any atom is 0.248 e. The molecule has 5 nitrogen and oxygen atoms in total. The van der Waals surface area contributed by atoms with Crippen molar-refractivity contribution in [2.75, 3.05) is 5.32 Å². The van der Waals surface area contributed by atoms with Crippen LogP contribution in [0.5, 0.6) is 0 Å². The summed E-state index contributed by atoms with van der Waals surface area (Å²) in [6, 6.07) is 10.00. The minimum atomic E-state index is -0.0417. The predicted molar refractivity (Wildman–Crippen MR) is 73.7 cm³/mol. The van der Waals surface area contributed by atoms with E-state index < -0.39 is 0 Å². The quantitative estimate of drug-likeness (QED) is 0.895. The van der Waals surface area contributed by atoms with Crippen LogP contribution in [0.25, 0.3) is 0 Å². The maximum absolute atomic E-state index is 11.7. The van der Waals surface area contributed by atoms with Crippen LogP contribution in [-0.2, 0) is 11.3 Å². The molecule has 0 radical (unpaired) electrons. The fraction of sp³-hybridized carbons (Fsp3) is 0.357. The van der Waals surface area contributed by atoms with Gasteiger partial charge in [-0.3, -0.25) is 10.1 Å². The van der Waals surface area contributed by atoms with E-state index in [2.05, 4.69) is 15.4 Å². The van der Waals surface area contributed by atoms with Crippen molar-refractivity contribution in [3.8, 4) is 0 Å². The Bertz CT molecular complexity index is 535. The Balaban J connectivity index is 1.98. The molecule has 0 fully saturated rings. The van der Waals surface area contributed by atoms with Gasteiger partial charge in [-0.1, -0.05) is 44.2 Å². The highest BCUT2D eigenvalue weighted by molar-refractivity contribution is 5.90. The SMILES string of the molecule is CC[C@@H](C)C(=O)Nc1ncn(Cc2ccccc2)n1. The van der Waals surface area contributed by atoms with E-state index in [1.54, 1.807) is 11.0 Å². The molecular formula is C14H18N4O. The molecule has 0 aliphatic rings. The van der Waals surface area contributed by atoms with E-state index in [0.29, 0.717) is 12.5 Å².